The van der Waals surface area contributed by atoms with Crippen LogP contribution in [0.1, 0.15) is 6.92 Å². The Morgan fingerprint density at radius 3 is 2.00 bits per heavy atom. The molecule has 0 aliphatic heterocycles. The van der Waals surface area contributed by atoms with Crippen molar-refractivity contribution >= 4 is 8.07 Å². The summed E-state index contributed by atoms with van der Waals surface area (Å²) >= 11 is 0. The van der Waals surface area contributed by atoms with Gasteiger partial charge in [0.15, 0.2) is 0 Å². The van der Waals surface area contributed by atoms with Crippen LogP contribution in [0.25, 0.3) is 0 Å². The SMILES string of the molecule is [CH2]C(OCC)[Si](C)(C)C. The second-order valence-corrected chi connectivity index (χ2v) is 8.69. The third-order valence-corrected chi connectivity index (χ3v) is 3.43. The van der Waals surface area contributed by atoms with Crippen molar-refractivity contribution in [3.8, 4) is 0 Å². The molecule has 0 bridgehead atoms. The van der Waals surface area contributed by atoms with E-state index in [1.165, 1.54) is 0 Å². The molecule has 9 heavy (non-hydrogen) atoms. The van der Waals surface area contributed by atoms with Crippen molar-refractivity contribution in [3.63, 3.8) is 0 Å². The number of hydrogen-bond donors (Lipinski definition) is 0. The van der Waals surface area contributed by atoms with Crippen LogP contribution in [0.2, 0.25) is 19.6 Å². The molecule has 0 amide bonds. The van der Waals surface area contributed by atoms with Gasteiger partial charge in [0.1, 0.15) is 0 Å². The quantitative estimate of drug-likeness (QED) is 0.553. The van der Waals surface area contributed by atoms with Crippen molar-refractivity contribution in [3.05, 3.63) is 6.92 Å². The highest BCUT2D eigenvalue weighted by molar-refractivity contribution is 6.77. The minimum absolute atomic E-state index is 0.252. The fraction of sp³-hybridized carbons (Fsp3) is 0.857. The van der Waals surface area contributed by atoms with Gasteiger partial charge in [0, 0.05) is 12.3 Å². The maximum atomic E-state index is 5.36. The summed E-state index contributed by atoms with van der Waals surface area (Å²) in [4.78, 5) is 0. The molecule has 0 fully saturated rings. The molecule has 1 atom stereocenters. The van der Waals surface area contributed by atoms with Crippen molar-refractivity contribution in [2.75, 3.05) is 6.61 Å². The van der Waals surface area contributed by atoms with E-state index in [0.29, 0.717) is 0 Å². The first kappa shape index (κ1) is 9.18. The maximum absolute atomic E-state index is 5.36. The van der Waals surface area contributed by atoms with E-state index in [2.05, 4.69) is 26.6 Å². The zero-order chi connectivity index (χ0) is 7.49. The van der Waals surface area contributed by atoms with Crippen LogP contribution in [0.15, 0.2) is 0 Å². The van der Waals surface area contributed by atoms with E-state index in [9.17, 15) is 0 Å². The lowest BCUT2D eigenvalue weighted by Crippen LogP contribution is -2.38. The summed E-state index contributed by atoms with van der Waals surface area (Å²) in [6.07, 6.45) is 0. The minimum atomic E-state index is -1.11. The first-order chi connectivity index (χ1) is 3.98. The predicted octanol–water partition coefficient (Wildman–Crippen LogP) is 2.10. The molecule has 0 aromatic rings. The lowest BCUT2D eigenvalue weighted by atomic mass is 10.8. The molecule has 0 saturated carbocycles. The van der Waals surface area contributed by atoms with E-state index < -0.39 is 8.07 Å². The molecule has 1 radical (unpaired) electrons. The molecule has 0 spiro atoms. The van der Waals surface area contributed by atoms with Crippen molar-refractivity contribution in [2.24, 2.45) is 0 Å². The second kappa shape index (κ2) is 3.37. The first-order valence-electron chi connectivity index (χ1n) is 3.43. The van der Waals surface area contributed by atoms with Crippen LogP contribution in [-0.4, -0.2) is 20.4 Å². The minimum Gasteiger partial charge on any atom is -0.382 e. The predicted molar refractivity (Wildman–Crippen MR) is 44.1 cm³/mol. The molecule has 0 saturated heterocycles. The Balaban J connectivity index is 3.59. The van der Waals surface area contributed by atoms with Crippen molar-refractivity contribution < 1.29 is 4.74 Å². The molecule has 1 nitrogen and oxygen atoms in total. The molecular formula is C7H17OSi. The zero-order valence-electron chi connectivity index (χ0n) is 6.90. The van der Waals surface area contributed by atoms with Crippen LogP contribution in [0.3, 0.4) is 0 Å². The molecule has 2 heteroatoms. The molecule has 0 rings (SSSR count). The number of ether oxygens (including phenoxy) is 1. The molecule has 0 aliphatic carbocycles. The third kappa shape index (κ3) is 3.70. The summed E-state index contributed by atoms with van der Waals surface area (Å²) in [7, 11) is -1.11. The molecule has 0 N–H and O–H groups in total. The van der Waals surface area contributed by atoms with Gasteiger partial charge in [-0.1, -0.05) is 19.6 Å². The molecule has 0 aromatic carbocycles. The van der Waals surface area contributed by atoms with Crippen LogP contribution in [0, 0.1) is 6.92 Å². The lowest BCUT2D eigenvalue weighted by molar-refractivity contribution is 0.140. The average Bonchev–Trinajstić information content (AvgIpc) is 1.64. The van der Waals surface area contributed by atoms with Crippen LogP contribution < -0.4 is 0 Å². The van der Waals surface area contributed by atoms with Crippen LogP contribution in [-0.2, 0) is 4.74 Å². The highest BCUT2D eigenvalue weighted by Gasteiger charge is 2.22. The summed E-state index contributed by atoms with van der Waals surface area (Å²) in [5, 5.41) is 0. The Bertz CT molecular complexity index is 75.5. The van der Waals surface area contributed by atoms with Gasteiger partial charge in [-0.25, -0.2) is 0 Å². The van der Waals surface area contributed by atoms with Crippen molar-refractivity contribution in [1.29, 1.82) is 0 Å². The van der Waals surface area contributed by atoms with Gasteiger partial charge in [-0.15, -0.1) is 0 Å². The number of hydrogen-bond acceptors (Lipinski definition) is 1. The Morgan fingerprint density at radius 1 is 1.44 bits per heavy atom. The first-order valence-corrected chi connectivity index (χ1v) is 7.01. The van der Waals surface area contributed by atoms with E-state index in [4.69, 9.17) is 4.74 Å². The van der Waals surface area contributed by atoms with Gasteiger partial charge in [-0.05, 0) is 13.8 Å². The van der Waals surface area contributed by atoms with Crippen LogP contribution >= 0.6 is 0 Å². The second-order valence-electron chi connectivity index (χ2n) is 3.31. The number of rotatable bonds is 3. The fourth-order valence-corrected chi connectivity index (χ4v) is 1.12. The molecule has 0 aromatic heterocycles. The standard InChI is InChI=1S/C7H17OSi/c1-6-8-7(2)9(3,4)5/h7H,2,6H2,1,3-5H3. The van der Waals surface area contributed by atoms with Crippen molar-refractivity contribution in [1.82, 2.24) is 0 Å². The Kier molecular flexibility index (Phi) is 3.44. The zero-order valence-corrected chi connectivity index (χ0v) is 7.90. The smallest absolute Gasteiger partial charge is 0.0785 e. The summed E-state index contributed by atoms with van der Waals surface area (Å²) in [6, 6.07) is 0. The average molecular weight is 145 g/mol. The van der Waals surface area contributed by atoms with E-state index in [0.717, 1.165) is 6.61 Å². The van der Waals surface area contributed by atoms with Gasteiger partial charge in [0.05, 0.1) is 8.07 Å². The fourth-order valence-electron chi connectivity index (χ4n) is 0.451. The topological polar surface area (TPSA) is 9.23 Å². The van der Waals surface area contributed by atoms with Crippen LogP contribution in [0.5, 0.6) is 0 Å². The van der Waals surface area contributed by atoms with Gasteiger partial charge in [0.2, 0.25) is 0 Å². The van der Waals surface area contributed by atoms with E-state index >= 15 is 0 Å². The third-order valence-electron chi connectivity index (χ3n) is 1.33. The lowest BCUT2D eigenvalue weighted by Gasteiger charge is -2.24. The van der Waals surface area contributed by atoms with Crippen LogP contribution in [0.4, 0.5) is 0 Å². The Labute approximate surface area is 59.4 Å². The van der Waals surface area contributed by atoms with E-state index in [-0.39, 0.29) is 5.73 Å². The van der Waals surface area contributed by atoms with Gasteiger partial charge < -0.3 is 4.74 Å². The van der Waals surface area contributed by atoms with Gasteiger partial charge in [-0.3, -0.25) is 0 Å². The maximum Gasteiger partial charge on any atom is 0.0785 e. The molecule has 0 aliphatic rings. The highest BCUT2D eigenvalue weighted by atomic mass is 28.3. The summed E-state index contributed by atoms with van der Waals surface area (Å²) in [5.74, 6) is 0. The van der Waals surface area contributed by atoms with Gasteiger partial charge in [0.25, 0.3) is 0 Å². The molecule has 0 heterocycles. The van der Waals surface area contributed by atoms with E-state index in [1.807, 2.05) is 6.92 Å². The van der Waals surface area contributed by atoms with E-state index in [1.54, 1.807) is 0 Å². The summed E-state index contributed by atoms with van der Waals surface area (Å²) in [5.41, 5.74) is 0.252. The molecule has 1 unspecified atom stereocenters. The Morgan fingerprint density at radius 2 is 1.89 bits per heavy atom. The Hall–Kier alpha value is 0.177. The van der Waals surface area contributed by atoms with Crippen molar-refractivity contribution in [2.45, 2.75) is 32.3 Å². The monoisotopic (exact) mass is 145 g/mol. The molecule has 55 valence electrons. The van der Waals surface area contributed by atoms with Gasteiger partial charge >= 0.3 is 0 Å². The van der Waals surface area contributed by atoms with Gasteiger partial charge in [-0.2, -0.15) is 0 Å². The summed E-state index contributed by atoms with van der Waals surface area (Å²) in [6.45, 7) is 13.5. The molecular weight excluding hydrogens is 128 g/mol. The summed E-state index contributed by atoms with van der Waals surface area (Å²) < 4.78 is 5.36. The largest absolute Gasteiger partial charge is 0.382 e. The normalized spacial score (nSPS) is 15.7. The highest BCUT2D eigenvalue weighted by Crippen LogP contribution is 2.09.